The van der Waals surface area contributed by atoms with E-state index < -0.39 is 30.8 Å². The molecule has 19 heavy (non-hydrogen) atoms. The Morgan fingerprint density at radius 2 is 2.00 bits per heavy atom. The standard InChI is InChI=1S/C11H17F3N2O3/c1-2-5-16(6-11(12,13)14)10(19)15-8(9(17)18)7-3-4-7/h7-8H,2-6H2,1H3,(H,15,19)(H,17,18). The molecule has 0 spiro atoms. The van der Waals surface area contributed by atoms with Crippen LogP contribution in [-0.4, -0.2) is 47.3 Å². The van der Waals surface area contributed by atoms with Crippen molar-refractivity contribution in [2.75, 3.05) is 13.1 Å². The van der Waals surface area contributed by atoms with Crippen molar-refractivity contribution in [3.63, 3.8) is 0 Å². The number of carboxylic acids is 1. The van der Waals surface area contributed by atoms with Crippen LogP contribution in [0.3, 0.4) is 0 Å². The van der Waals surface area contributed by atoms with Crippen molar-refractivity contribution in [3.05, 3.63) is 0 Å². The zero-order valence-electron chi connectivity index (χ0n) is 10.5. The molecule has 110 valence electrons. The Morgan fingerprint density at radius 3 is 2.37 bits per heavy atom. The minimum Gasteiger partial charge on any atom is -0.480 e. The molecule has 2 amide bonds. The minimum absolute atomic E-state index is 0.0671. The van der Waals surface area contributed by atoms with E-state index in [9.17, 15) is 22.8 Å². The zero-order valence-corrected chi connectivity index (χ0v) is 10.5. The van der Waals surface area contributed by atoms with Crippen LogP contribution in [0.15, 0.2) is 0 Å². The third-order valence-electron chi connectivity index (χ3n) is 2.79. The molecular weight excluding hydrogens is 265 g/mol. The third-order valence-corrected chi connectivity index (χ3v) is 2.79. The molecule has 0 heterocycles. The quantitative estimate of drug-likeness (QED) is 0.781. The van der Waals surface area contributed by atoms with Crippen LogP contribution >= 0.6 is 0 Å². The number of alkyl halides is 3. The normalized spacial score (nSPS) is 16.8. The lowest BCUT2D eigenvalue weighted by Gasteiger charge is -2.25. The van der Waals surface area contributed by atoms with Crippen LogP contribution < -0.4 is 5.32 Å². The second-order valence-corrected chi connectivity index (χ2v) is 4.64. The molecule has 0 bridgehead atoms. The van der Waals surface area contributed by atoms with Crippen LogP contribution in [0.4, 0.5) is 18.0 Å². The summed E-state index contributed by atoms with van der Waals surface area (Å²) >= 11 is 0. The summed E-state index contributed by atoms with van der Waals surface area (Å²) in [5, 5.41) is 11.1. The van der Waals surface area contributed by atoms with Crippen LogP contribution in [0, 0.1) is 5.92 Å². The maximum Gasteiger partial charge on any atom is 0.406 e. The van der Waals surface area contributed by atoms with E-state index in [0.29, 0.717) is 24.2 Å². The molecule has 0 aromatic rings. The van der Waals surface area contributed by atoms with Gasteiger partial charge < -0.3 is 15.3 Å². The van der Waals surface area contributed by atoms with Crippen molar-refractivity contribution in [2.24, 2.45) is 5.92 Å². The molecule has 0 radical (unpaired) electrons. The Hall–Kier alpha value is -1.47. The molecule has 1 fully saturated rings. The van der Waals surface area contributed by atoms with Gasteiger partial charge in [-0.25, -0.2) is 9.59 Å². The summed E-state index contributed by atoms with van der Waals surface area (Å²) in [6.45, 7) is 0.207. The number of nitrogens with one attached hydrogen (secondary N) is 1. The van der Waals surface area contributed by atoms with Crippen LogP contribution in [0.25, 0.3) is 0 Å². The molecule has 1 rings (SSSR count). The topological polar surface area (TPSA) is 69.6 Å². The highest BCUT2D eigenvalue weighted by molar-refractivity contribution is 5.83. The number of urea groups is 1. The molecule has 1 saturated carbocycles. The molecule has 1 atom stereocenters. The van der Waals surface area contributed by atoms with Crippen LogP contribution in [0.5, 0.6) is 0 Å². The Morgan fingerprint density at radius 1 is 1.42 bits per heavy atom. The molecule has 0 aliphatic heterocycles. The van der Waals surface area contributed by atoms with Crippen molar-refractivity contribution < 1.29 is 27.9 Å². The van der Waals surface area contributed by atoms with Crippen LogP contribution in [0.1, 0.15) is 26.2 Å². The van der Waals surface area contributed by atoms with Gasteiger partial charge in [0, 0.05) is 6.54 Å². The molecule has 2 N–H and O–H groups in total. The van der Waals surface area contributed by atoms with Gasteiger partial charge in [-0.2, -0.15) is 13.2 Å². The van der Waals surface area contributed by atoms with E-state index in [-0.39, 0.29) is 12.5 Å². The highest BCUT2D eigenvalue weighted by Crippen LogP contribution is 2.32. The Kier molecular flexibility index (Phi) is 5.02. The zero-order chi connectivity index (χ0) is 14.6. The van der Waals surface area contributed by atoms with Gasteiger partial charge >= 0.3 is 18.2 Å². The minimum atomic E-state index is -4.50. The van der Waals surface area contributed by atoms with E-state index >= 15 is 0 Å². The molecule has 5 nitrogen and oxygen atoms in total. The molecule has 8 heteroatoms. The van der Waals surface area contributed by atoms with Gasteiger partial charge in [-0.15, -0.1) is 0 Å². The van der Waals surface area contributed by atoms with Gasteiger partial charge in [0.1, 0.15) is 12.6 Å². The molecule has 0 aromatic carbocycles. The summed E-state index contributed by atoms with van der Waals surface area (Å²) in [5.41, 5.74) is 0. The van der Waals surface area contributed by atoms with Crippen molar-refractivity contribution in [1.82, 2.24) is 10.2 Å². The van der Waals surface area contributed by atoms with Gasteiger partial charge in [0.2, 0.25) is 0 Å². The molecule has 1 aliphatic rings. The summed E-state index contributed by atoms with van der Waals surface area (Å²) in [4.78, 5) is 23.2. The second kappa shape index (κ2) is 6.12. The molecular formula is C11H17F3N2O3. The smallest absolute Gasteiger partial charge is 0.406 e. The summed E-state index contributed by atoms with van der Waals surface area (Å²) in [6.07, 6.45) is -2.79. The van der Waals surface area contributed by atoms with E-state index in [1.807, 2.05) is 0 Å². The highest BCUT2D eigenvalue weighted by Gasteiger charge is 2.39. The molecule has 1 aliphatic carbocycles. The largest absolute Gasteiger partial charge is 0.480 e. The second-order valence-electron chi connectivity index (χ2n) is 4.64. The van der Waals surface area contributed by atoms with E-state index in [1.54, 1.807) is 6.92 Å². The fourth-order valence-corrected chi connectivity index (χ4v) is 1.77. The van der Waals surface area contributed by atoms with Crippen molar-refractivity contribution in [3.8, 4) is 0 Å². The van der Waals surface area contributed by atoms with Crippen LogP contribution in [0.2, 0.25) is 0 Å². The first-order valence-electron chi connectivity index (χ1n) is 6.09. The number of carbonyl (C=O) groups excluding carboxylic acids is 1. The molecule has 1 unspecified atom stereocenters. The fraction of sp³-hybridized carbons (Fsp3) is 0.818. The number of rotatable bonds is 6. The first-order chi connectivity index (χ1) is 8.74. The number of carboxylic acid groups (broad SMARTS) is 1. The van der Waals surface area contributed by atoms with Gasteiger partial charge in [-0.1, -0.05) is 6.92 Å². The van der Waals surface area contributed by atoms with E-state index in [1.165, 1.54) is 0 Å². The van der Waals surface area contributed by atoms with Crippen molar-refractivity contribution in [2.45, 2.75) is 38.4 Å². The average Bonchev–Trinajstić information content (AvgIpc) is 3.06. The van der Waals surface area contributed by atoms with Gasteiger partial charge in [0.25, 0.3) is 0 Å². The fourth-order valence-electron chi connectivity index (χ4n) is 1.77. The maximum absolute atomic E-state index is 12.3. The number of hydrogen-bond donors (Lipinski definition) is 2. The highest BCUT2D eigenvalue weighted by atomic mass is 19.4. The molecule has 0 aromatic heterocycles. The number of halogens is 3. The number of aliphatic carboxylic acids is 1. The summed E-state index contributed by atoms with van der Waals surface area (Å²) in [7, 11) is 0. The van der Waals surface area contributed by atoms with Gasteiger partial charge in [-0.05, 0) is 25.2 Å². The first kappa shape index (κ1) is 15.6. The summed E-state index contributed by atoms with van der Waals surface area (Å²) in [5.74, 6) is -1.38. The lowest BCUT2D eigenvalue weighted by molar-refractivity contribution is -0.141. The van der Waals surface area contributed by atoms with Gasteiger partial charge in [0.05, 0.1) is 0 Å². The predicted octanol–water partition coefficient (Wildman–Crippen LogP) is 1.83. The van der Waals surface area contributed by atoms with Gasteiger partial charge in [-0.3, -0.25) is 0 Å². The monoisotopic (exact) mass is 282 g/mol. The number of carbonyl (C=O) groups is 2. The first-order valence-corrected chi connectivity index (χ1v) is 6.09. The SMILES string of the molecule is CCCN(CC(F)(F)F)C(=O)NC(C(=O)O)C1CC1. The van der Waals surface area contributed by atoms with Crippen molar-refractivity contribution >= 4 is 12.0 Å². The summed E-state index contributed by atoms with van der Waals surface area (Å²) < 4.78 is 37.0. The van der Waals surface area contributed by atoms with Gasteiger partial charge in [0.15, 0.2) is 0 Å². The molecule has 0 saturated heterocycles. The van der Waals surface area contributed by atoms with E-state index in [2.05, 4.69) is 5.32 Å². The van der Waals surface area contributed by atoms with Crippen LogP contribution in [-0.2, 0) is 4.79 Å². The Bertz CT molecular complexity index is 343. The average molecular weight is 282 g/mol. The number of amides is 2. The summed E-state index contributed by atoms with van der Waals surface area (Å²) in [6, 6.07) is -2.07. The maximum atomic E-state index is 12.3. The number of nitrogens with zero attached hydrogens (tertiary/aromatic N) is 1. The predicted molar refractivity (Wildman–Crippen MR) is 60.6 cm³/mol. The lowest BCUT2D eigenvalue weighted by atomic mass is 10.2. The Balaban J connectivity index is 2.62. The Labute approximate surface area is 108 Å². The van der Waals surface area contributed by atoms with Crippen molar-refractivity contribution in [1.29, 1.82) is 0 Å². The van der Waals surface area contributed by atoms with E-state index in [0.717, 1.165) is 0 Å². The lowest BCUT2D eigenvalue weighted by Crippen LogP contribution is -2.51. The van der Waals surface area contributed by atoms with E-state index in [4.69, 9.17) is 5.11 Å². The number of hydrogen-bond acceptors (Lipinski definition) is 2. The third kappa shape index (κ3) is 5.35.